The summed E-state index contributed by atoms with van der Waals surface area (Å²) in [6.07, 6.45) is 1.25. The predicted molar refractivity (Wildman–Crippen MR) is 101 cm³/mol. The molecule has 3 rings (SSSR count). The van der Waals surface area contributed by atoms with E-state index in [2.05, 4.69) is 15.1 Å². The van der Waals surface area contributed by atoms with Crippen molar-refractivity contribution >= 4 is 5.91 Å². The first-order valence-electron chi connectivity index (χ1n) is 9.69. The minimum Gasteiger partial charge on any atom is -0.379 e. The van der Waals surface area contributed by atoms with E-state index in [9.17, 15) is 4.79 Å². The Kier molecular flexibility index (Phi) is 7.43. The van der Waals surface area contributed by atoms with E-state index in [1.807, 2.05) is 37.3 Å². The second-order valence-corrected chi connectivity index (χ2v) is 7.17. The predicted octanol–water partition coefficient (Wildman–Crippen LogP) is 1.29. The summed E-state index contributed by atoms with van der Waals surface area (Å²) in [7, 11) is 0. The van der Waals surface area contributed by atoms with E-state index < -0.39 is 0 Å². The van der Waals surface area contributed by atoms with Crippen molar-refractivity contribution in [2.24, 2.45) is 0 Å². The molecule has 1 aromatic rings. The van der Waals surface area contributed by atoms with Crippen LogP contribution in [0, 0.1) is 0 Å². The molecule has 144 valence electrons. The molecule has 2 saturated heterocycles. The molecule has 0 aliphatic carbocycles. The number of benzene rings is 1. The van der Waals surface area contributed by atoms with Crippen molar-refractivity contribution in [1.82, 2.24) is 15.1 Å². The van der Waals surface area contributed by atoms with Gasteiger partial charge < -0.3 is 14.8 Å². The number of carbonyl (C=O) groups excluding carboxylic acids is 1. The van der Waals surface area contributed by atoms with Gasteiger partial charge in [-0.3, -0.25) is 14.6 Å². The lowest BCUT2D eigenvalue weighted by atomic mass is 10.1. The van der Waals surface area contributed by atoms with Crippen LogP contribution < -0.4 is 5.32 Å². The van der Waals surface area contributed by atoms with Crippen LogP contribution in [0.5, 0.6) is 0 Å². The van der Waals surface area contributed by atoms with Crippen molar-refractivity contribution in [2.75, 3.05) is 59.1 Å². The number of likely N-dealkylation sites (tertiary alicyclic amines) is 1. The average Bonchev–Trinajstić information content (AvgIpc) is 3.10. The number of amides is 1. The van der Waals surface area contributed by atoms with Crippen LogP contribution in [0.25, 0.3) is 0 Å². The molecule has 2 aliphatic rings. The third-order valence-electron chi connectivity index (χ3n) is 5.14. The third kappa shape index (κ3) is 6.06. The molecule has 6 heteroatoms. The maximum absolute atomic E-state index is 12.3. The van der Waals surface area contributed by atoms with Gasteiger partial charge >= 0.3 is 0 Å². The Balaban J connectivity index is 1.31. The molecule has 0 unspecified atom stereocenters. The van der Waals surface area contributed by atoms with E-state index in [1.54, 1.807) is 0 Å². The van der Waals surface area contributed by atoms with E-state index in [0.29, 0.717) is 6.54 Å². The zero-order valence-corrected chi connectivity index (χ0v) is 15.7. The van der Waals surface area contributed by atoms with Crippen LogP contribution in [0.3, 0.4) is 0 Å². The van der Waals surface area contributed by atoms with Gasteiger partial charge in [-0.05, 0) is 18.9 Å². The zero-order chi connectivity index (χ0) is 18.2. The van der Waals surface area contributed by atoms with Crippen LogP contribution in [-0.2, 0) is 14.3 Å². The minimum atomic E-state index is 0.0341. The Morgan fingerprint density at radius 2 is 2.00 bits per heavy atom. The van der Waals surface area contributed by atoms with Gasteiger partial charge in [0, 0.05) is 32.7 Å². The molecule has 0 spiro atoms. The number of hydrogen-bond donors (Lipinski definition) is 1. The maximum Gasteiger partial charge on any atom is 0.234 e. The summed E-state index contributed by atoms with van der Waals surface area (Å²) >= 11 is 0. The van der Waals surface area contributed by atoms with Crippen molar-refractivity contribution in [3.63, 3.8) is 0 Å². The zero-order valence-electron chi connectivity index (χ0n) is 15.7. The Morgan fingerprint density at radius 1 is 1.23 bits per heavy atom. The van der Waals surface area contributed by atoms with Crippen LogP contribution >= 0.6 is 0 Å². The number of nitrogens with zero attached hydrogens (tertiary/aromatic N) is 2. The van der Waals surface area contributed by atoms with Crippen LogP contribution in [0.1, 0.15) is 24.9 Å². The topological polar surface area (TPSA) is 54.0 Å². The quantitative estimate of drug-likeness (QED) is 0.756. The van der Waals surface area contributed by atoms with E-state index >= 15 is 0 Å². The summed E-state index contributed by atoms with van der Waals surface area (Å²) in [6.45, 7) is 9.62. The minimum absolute atomic E-state index is 0.0341. The highest BCUT2D eigenvalue weighted by atomic mass is 16.5. The van der Waals surface area contributed by atoms with E-state index in [0.717, 1.165) is 64.5 Å². The fourth-order valence-corrected chi connectivity index (χ4v) is 3.57. The molecular formula is C20H31N3O3. The summed E-state index contributed by atoms with van der Waals surface area (Å²) < 4.78 is 11.4. The SMILES string of the molecule is C[C@@H](NC(=O)CN1CC[C@@H](OCCN2CCOCC2)C1)c1ccccc1. The monoisotopic (exact) mass is 361 g/mol. The highest BCUT2D eigenvalue weighted by molar-refractivity contribution is 5.78. The fourth-order valence-electron chi connectivity index (χ4n) is 3.57. The molecule has 1 aromatic carbocycles. The second kappa shape index (κ2) is 10.0. The molecule has 2 aliphatic heterocycles. The first kappa shape index (κ1) is 19.3. The lowest BCUT2D eigenvalue weighted by Crippen LogP contribution is -2.39. The van der Waals surface area contributed by atoms with Gasteiger partial charge in [-0.25, -0.2) is 0 Å². The summed E-state index contributed by atoms with van der Waals surface area (Å²) in [5.41, 5.74) is 1.13. The van der Waals surface area contributed by atoms with Crippen molar-refractivity contribution < 1.29 is 14.3 Å². The molecule has 1 N–H and O–H groups in total. The molecule has 1 amide bonds. The van der Waals surface area contributed by atoms with Gasteiger partial charge in [-0.15, -0.1) is 0 Å². The lowest BCUT2D eigenvalue weighted by molar-refractivity contribution is -0.122. The second-order valence-electron chi connectivity index (χ2n) is 7.17. The van der Waals surface area contributed by atoms with Crippen molar-refractivity contribution in [1.29, 1.82) is 0 Å². The molecule has 6 nitrogen and oxygen atoms in total. The first-order chi connectivity index (χ1) is 12.7. The lowest BCUT2D eigenvalue weighted by Gasteiger charge is -2.26. The molecule has 0 aromatic heterocycles. The number of nitrogens with one attached hydrogen (secondary N) is 1. The van der Waals surface area contributed by atoms with Gasteiger partial charge in [0.25, 0.3) is 0 Å². The number of hydrogen-bond acceptors (Lipinski definition) is 5. The summed E-state index contributed by atoms with van der Waals surface area (Å²) in [5.74, 6) is 0.0790. The third-order valence-corrected chi connectivity index (χ3v) is 5.14. The van der Waals surface area contributed by atoms with Crippen molar-refractivity contribution in [2.45, 2.75) is 25.5 Å². The highest BCUT2D eigenvalue weighted by Gasteiger charge is 2.25. The van der Waals surface area contributed by atoms with Crippen LogP contribution in [0.2, 0.25) is 0 Å². The van der Waals surface area contributed by atoms with Gasteiger partial charge in [0.2, 0.25) is 5.91 Å². The summed E-state index contributed by atoms with van der Waals surface area (Å²) in [5, 5.41) is 3.08. The number of carbonyl (C=O) groups is 1. The van der Waals surface area contributed by atoms with Crippen molar-refractivity contribution in [3.8, 4) is 0 Å². The fraction of sp³-hybridized carbons (Fsp3) is 0.650. The normalized spacial score (nSPS) is 23.0. The highest BCUT2D eigenvalue weighted by Crippen LogP contribution is 2.14. The summed E-state index contributed by atoms with van der Waals surface area (Å²) in [4.78, 5) is 16.9. The molecule has 2 heterocycles. The van der Waals surface area contributed by atoms with Gasteiger partial charge in [-0.2, -0.15) is 0 Å². The van der Waals surface area contributed by atoms with E-state index in [4.69, 9.17) is 9.47 Å². The largest absolute Gasteiger partial charge is 0.379 e. The molecule has 26 heavy (non-hydrogen) atoms. The molecule has 2 fully saturated rings. The molecule has 0 radical (unpaired) electrons. The Labute approximate surface area is 156 Å². The number of morpholine rings is 1. The Morgan fingerprint density at radius 3 is 2.77 bits per heavy atom. The smallest absolute Gasteiger partial charge is 0.234 e. The number of rotatable bonds is 8. The first-order valence-corrected chi connectivity index (χ1v) is 9.69. The van der Waals surface area contributed by atoms with Gasteiger partial charge in [0.15, 0.2) is 0 Å². The van der Waals surface area contributed by atoms with Crippen LogP contribution in [-0.4, -0.2) is 80.9 Å². The van der Waals surface area contributed by atoms with Crippen molar-refractivity contribution in [3.05, 3.63) is 35.9 Å². The molecular weight excluding hydrogens is 330 g/mol. The maximum atomic E-state index is 12.3. The van der Waals surface area contributed by atoms with Crippen LogP contribution in [0.4, 0.5) is 0 Å². The van der Waals surface area contributed by atoms with E-state index in [1.165, 1.54) is 0 Å². The van der Waals surface area contributed by atoms with Gasteiger partial charge in [-0.1, -0.05) is 30.3 Å². The van der Waals surface area contributed by atoms with Gasteiger partial charge in [0.1, 0.15) is 0 Å². The standard InChI is InChI=1S/C20H31N3O3/c1-17(18-5-3-2-4-6-18)21-20(24)16-23-8-7-19(15-23)26-14-11-22-9-12-25-13-10-22/h2-6,17,19H,7-16H2,1H3,(H,21,24)/t17-,19-/m1/s1. The van der Waals surface area contributed by atoms with E-state index in [-0.39, 0.29) is 18.1 Å². The average molecular weight is 361 g/mol. The number of ether oxygens (including phenoxy) is 2. The Bertz CT molecular complexity index is 548. The Hall–Kier alpha value is -1.47. The molecule has 0 bridgehead atoms. The van der Waals surface area contributed by atoms with Gasteiger partial charge in [0.05, 0.1) is 38.5 Å². The molecule has 0 saturated carbocycles. The summed E-state index contributed by atoms with van der Waals surface area (Å²) in [6, 6.07) is 10.1. The molecule has 2 atom stereocenters. The van der Waals surface area contributed by atoms with Crippen LogP contribution in [0.15, 0.2) is 30.3 Å².